The van der Waals surface area contributed by atoms with Crippen molar-refractivity contribution in [1.29, 1.82) is 0 Å². The minimum Gasteiger partial charge on any atom is -0.493 e. The van der Waals surface area contributed by atoms with Gasteiger partial charge in [0, 0.05) is 28.5 Å². The second kappa shape index (κ2) is 12.9. The van der Waals surface area contributed by atoms with Crippen LogP contribution in [-0.2, 0) is 9.53 Å². The van der Waals surface area contributed by atoms with Crippen LogP contribution in [0.25, 0.3) is 0 Å². The minimum absolute atomic E-state index is 0.255. The molecule has 0 saturated carbocycles. The molecule has 0 aromatic heterocycles. The number of ether oxygens (including phenoxy) is 3. The molecule has 0 radical (unpaired) electrons. The van der Waals surface area contributed by atoms with Crippen molar-refractivity contribution in [2.75, 3.05) is 19.5 Å². The first-order valence-corrected chi connectivity index (χ1v) is 11.8. The maximum atomic E-state index is 12.4. The molecule has 0 atom stereocenters. The van der Waals surface area contributed by atoms with Gasteiger partial charge in [-0.1, -0.05) is 18.4 Å². The molecule has 0 spiro atoms. The zero-order chi connectivity index (χ0) is 24.2. The molecule has 34 heavy (non-hydrogen) atoms. The summed E-state index contributed by atoms with van der Waals surface area (Å²) in [6.45, 7) is 3.97. The summed E-state index contributed by atoms with van der Waals surface area (Å²) in [4.78, 5) is 24.6. The largest absolute Gasteiger partial charge is 0.493 e. The number of carbonyl (C=O) groups is 2. The van der Waals surface area contributed by atoms with Crippen LogP contribution in [-0.4, -0.2) is 31.4 Å². The fourth-order valence-corrected chi connectivity index (χ4v) is 3.17. The minimum atomic E-state index is -0.462. The summed E-state index contributed by atoms with van der Waals surface area (Å²) in [6, 6.07) is 21.8. The Morgan fingerprint density at radius 2 is 1.44 bits per heavy atom. The van der Waals surface area contributed by atoms with Gasteiger partial charge in [-0.3, -0.25) is 0 Å². The van der Waals surface area contributed by atoms with Crippen molar-refractivity contribution in [1.82, 2.24) is 0 Å². The average molecular weight is 473 g/mol. The van der Waals surface area contributed by atoms with E-state index in [4.69, 9.17) is 14.2 Å². The Morgan fingerprint density at radius 3 is 2.03 bits per heavy atom. The summed E-state index contributed by atoms with van der Waals surface area (Å²) in [5, 5.41) is 0. The standard InChI is InChI=1S/C28H24O5S/c1-3-27(29)32-20-4-19-31-24-15-11-23(12-16-24)28(30)33-25-13-7-21(8-14-25)5-6-22-9-17-26(34-2)18-10-22/h3,7-18H,1,4,19-20H2,2H3. The number of hydrogen-bond donors (Lipinski definition) is 0. The van der Waals surface area contributed by atoms with Gasteiger partial charge in [-0.05, 0) is 79.1 Å². The summed E-state index contributed by atoms with van der Waals surface area (Å²) in [6.07, 6.45) is 3.71. The van der Waals surface area contributed by atoms with Crippen molar-refractivity contribution in [2.45, 2.75) is 11.3 Å². The maximum absolute atomic E-state index is 12.4. The van der Waals surface area contributed by atoms with E-state index in [9.17, 15) is 9.59 Å². The van der Waals surface area contributed by atoms with Crippen molar-refractivity contribution >= 4 is 23.7 Å². The lowest BCUT2D eigenvalue weighted by Crippen LogP contribution is -2.09. The van der Waals surface area contributed by atoms with Gasteiger partial charge < -0.3 is 14.2 Å². The van der Waals surface area contributed by atoms with Crippen molar-refractivity contribution in [3.8, 4) is 23.3 Å². The molecule has 172 valence electrons. The lowest BCUT2D eigenvalue weighted by Gasteiger charge is -2.08. The van der Waals surface area contributed by atoms with Gasteiger partial charge in [0.15, 0.2) is 0 Å². The van der Waals surface area contributed by atoms with Gasteiger partial charge in [0.2, 0.25) is 0 Å². The molecule has 0 bridgehead atoms. The molecular formula is C28H24O5S. The van der Waals surface area contributed by atoms with E-state index in [2.05, 4.69) is 18.4 Å². The number of hydrogen-bond acceptors (Lipinski definition) is 6. The summed E-state index contributed by atoms with van der Waals surface area (Å²) >= 11 is 1.69. The molecule has 0 aliphatic rings. The highest BCUT2D eigenvalue weighted by Crippen LogP contribution is 2.17. The number of rotatable bonds is 9. The number of benzene rings is 3. The van der Waals surface area contributed by atoms with Crippen molar-refractivity contribution in [3.05, 3.63) is 102 Å². The summed E-state index contributed by atoms with van der Waals surface area (Å²) in [5.41, 5.74) is 2.18. The predicted octanol–water partition coefficient (Wildman–Crippen LogP) is 5.53. The van der Waals surface area contributed by atoms with Crippen LogP contribution in [0.2, 0.25) is 0 Å². The molecule has 0 fully saturated rings. The van der Waals surface area contributed by atoms with E-state index >= 15 is 0 Å². The number of carbonyl (C=O) groups excluding carboxylic acids is 2. The van der Waals surface area contributed by atoms with Gasteiger partial charge in [0.25, 0.3) is 0 Å². The molecule has 5 nitrogen and oxygen atoms in total. The third-order valence-corrected chi connectivity index (χ3v) is 5.31. The monoisotopic (exact) mass is 472 g/mol. The zero-order valence-corrected chi connectivity index (χ0v) is 19.6. The highest BCUT2D eigenvalue weighted by molar-refractivity contribution is 7.98. The molecule has 3 aromatic rings. The Balaban J connectivity index is 1.48. The number of thioether (sulfide) groups is 1. The normalized spacial score (nSPS) is 9.91. The van der Waals surface area contributed by atoms with Crippen LogP contribution in [0, 0.1) is 11.8 Å². The van der Waals surface area contributed by atoms with Crippen LogP contribution in [0.4, 0.5) is 0 Å². The van der Waals surface area contributed by atoms with Crippen LogP contribution in [0.15, 0.2) is 90.3 Å². The van der Waals surface area contributed by atoms with Crippen LogP contribution >= 0.6 is 11.8 Å². The van der Waals surface area contributed by atoms with E-state index in [-0.39, 0.29) is 6.61 Å². The van der Waals surface area contributed by atoms with Gasteiger partial charge in [0.1, 0.15) is 11.5 Å². The Labute approximate surface area is 203 Å². The first kappa shape index (κ1) is 24.7. The van der Waals surface area contributed by atoms with Gasteiger partial charge in [-0.25, -0.2) is 9.59 Å². The van der Waals surface area contributed by atoms with Gasteiger partial charge in [-0.2, -0.15) is 0 Å². The second-order valence-electron chi connectivity index (χ2n) is 6.99. The molecule has 0 N–H and O–H groups in total. The van der Waals surface area contributed by atoms with Crippen LogP contribution in [0.1, 0.15) is 27.9 Å². The molecule has 3 rings (SSSR count). The first-order valence-electron chi connectivity index (χ1n) is 10.6. The molecule has 3 aromatic carbocycles. The lowest BCUT2D eigenvalue weighted by molar-refractivity contribution is -0.137. The lowest BCUT2D eigenvalue weighted by atomic mass is 10.2. The molecular weight excluding hydrogens is 448 g/mol. The Bertz CT molecular complexity index is 1170. The van der Waals surface area contributed by atoms with E-state index in [1.54, 1.807) is 48.2 Å². The molecule has 0 aliphatic heterocycles. The fraction of sp³-hybridized carbons (Fsp3) is 0.143. The Hall–Kier alpha value is -3.95. The first-order chi connectivity index (χ1) is 16.6. The highest BCUT2D eigenvalue weighted by atomic mass is 32.2. The molecule has 0 aliphatic carbocycles. The topological polar surface area (TPSA) is 61.8 Å². The molecule has 0 unspecified atom stereocenters. The van der Waals surface area contributed by atoms with Crippen LogP contribution < -0.4 is 9.47 Å². The molecule has 0 heterocycles. The van der Waals surface area contributed by atoms with E-state index < -0.39 is 11.9 Å². The summed E-state index contributed by atoms with van der Waals surface area (Å²) in [7, 11) is 0. The zero-order valence-electron chi connectivity index (χ0n) is 18.8. The Kier molecular flexibility index (Phi) is 9.39. The van der Waals surface area contributed by atoms with E-state index in [0.717, 1.165) is 17.2 Å². The van der Waals surface area contributed by atoms with Crippen LogP contribution in [0.5, 0.6) is 11.5 Å². The van der Waals surface area contributed by atoms with Gasteiger partial charge >= 0.3 is 11.9 Å². The number of esters is 2. The highest BCUT2D eigenvalue weighted by Gasteiger charge is 2.09. The molecule has 0 amide bonds. The average Bonchev–Trinajstić information content (AvgIpc) is 2.88. The molecule has 0 saturated heterocycles. The van der Waals surface area contributed by atoms with E-state index in [1.165, 1.54) is 4.90 Å². The van der Waals surface area contributed by atoms with Crippen molar-refractivity contribution in [3.63, 3.8) is 0 Å². The van der Waals surface area contributed by atoms with Gasteiger partial charge in [-0.15, -0.1) is 11.8 Å². The van der Waals surface area contributed by atoms with Crippen molar-refractivity contribution in [2.24, 2.45) is 0 Å². The quantitative estimate of drug-likeness (QED) is 0.102. The Morgan fingerprint density at radius 1 is 0.853 bits per heavy atom. The maximum Gasteiger partial charge on any atom is 0.343 e. The SMILES string of the molecule is C=CC(=O)OCCCOc1ccc(C(=O)Oc2ccc(C#Cc3ccc(SC)cc3)cc2)cc1. The van der Waals surface area contributed by atoms with Gasteiger partial charge in [0.05, 0.1) is 18.8 Å². The fourth-order valence-electron chi connectivity index (χ4n) is 2.76. The van der Waals surface area contributed by atoms with Crippen LogP contribution in [0.3, 0.4) is 0 Å². The smallest absolute Gasteiger partial charge is 0.343 e. The summed E-state index contributed by atoms with van der Waals surface area (Å²) in [5.74, 6) is 6.37. The second-order valence-corrected chi connectivity index (χ2v) is 7.87. The molecule has 6 heteroatoms. The van der Waals surface area contributed by atoms with E-state index in [0.29, 0.717) is 30.1 Å². The van der Waals surface area contributed by atoms with E-state index in [1.807, 2.05) is 42.7 Å². The predicted molar refractivity (Wildman–Crippen MR) is 133 cm³/mol. The third-order valence-electron chi connectivity index (χ3n) is 4.56. The third kappa shape index (κ3) is 7.88. The summed E-state index contributed by atoms with van der Waals surface area (Å²) < 4.78 is 15.9. The van der Waals surface area contributed by atoms with Crippen molar-refractivity contribution < 1.29 is 23.8 Å².